The number of benzene rings is 2. The third kappa shape index (κ3) is 4.78. The predicted molar refractivity (Wildman–Crippen MR) is 104 cm³/mol. The van der Waals surface area contributed by atoms with Crippen LogP contribution >= 0.6 is 11.6 Å². The van der Waals surface area contributed by atoms with E-state index in [2.05, 4.69) is 15.6 Å². The largest absolute Gasteiger partial charge is 0.396 e. The molecule has 0 radical (unpaired) electrons. The van der Waals surface area contributed by atoms with Gasteiger partial charge in [0.15, 0.2) is 5.69 Å². The zero-order valence-electron chi connectivity index (χ0n) is 15.6. The van der Waals surface area contributed by atoms with E-state index in [9.17, 15) is 18.7 Å². The molecule has 3 rings (SSSR count). The molecule has 0 bridgehead atoms. The van der Waals surface area contributed by atoms with Gasteiger partial charge in [0.05, 0.1) is 16.4 Å². The van der Waals surface area contributed by atoms with E-state index in [-0.39, 0.29) is 42.0 Å². The topological polar surface area (TPSA) is 80.0 Å². The first-order chi connectivity index (χ1) is 13.9. The average molecular weight is 421 g/mol. The number of halogens is 3. The number of rotatable bonds is 7. The van der Waals surface area contributed by atoms with Crippen LogP contribution in [0, 0.1) is 24.5 Å². The van der Waals surface area contributed by atoms with Crippen molar-refractivity contribution in [2.24, 2.45) is 5.92 Å². The van der Waals surface area contributed by atoms with Crippen LogP contribution in [0.4, 0.5) is 8.78 Å². The van der Waals surface area contributed by atoms with Crippen LogP contribution in [0.5, 0.6) is 0 Å². The Balaban J connectivity index is 1.68. The van der Waals surface area contributed by atoms with E-state index >= 15 is 0 Å². The first-order valence-corrected chi connectivity index (χ1v) is 9.28. The fourth-order valence-electron chi connectivity index (χ4n) is 2.90. The van der Waals surface area contributed by atoms with Gasteiger partial charge in [-0.3, -0.25) is 4.79 Å². The number of aromatic nitrogens is 3. The third-order valence-electron chi connectivity index (χ3n) is 4.53. The summed E-state index contributed by atoms with van der Waals surface area (Å²) in [7, 11) is 0. The summed E-state index contributed by atoms with van der Waals surface area (Å²) in [5, 5.41) is 20.0. The van der Waals surface area contributed by atoms with Gasteiger partial charge in [-0.15, -0.1) is 5.10 Å². The van der Waals surface area contributed by atoms with E-state index in [0.717, 1.165) is 0 Å². The van der Waals surface area contributed by atoms with E-state index in [1.807, 2.05) is 0 Å². The van der Waals surface area contributed by atoms with Crippen molar-refractivity contribution >= 4 is 17.5 Å². The number of amides is 1. The van der Waals surface area contributed by atoms with Gasteiger partial charge in [0.2, 0.25) is 0 Å². The Hall–Kier alpha value is -2.84. The van der Waals surface area contributed by atoms with Crippen molar-refractivity contribution < 1.29 is 18.7 Å². The molecule has 0 aliphatic carbocycles. The highest BCUT2D eigenvalue weighted by Gasteiger charge is 2.19. The Labute approximate surface area is 171 Å². The minimum Gasteiger partial charge on any atom is -0.396 e. The lowest BCUT2D eigenvalue weighted by molar-refractivity contribution is 0.0934. The molecular formula is C20H19ClF2N4O2. The minimum absolute atomic E-state index is 0.0673. The molecule has 0 saturated heterocycles. The number of hydrogen-bond donors (Lipinski definition) is 2. The molecule has 29 heavy (non-hydrogen) atoms. The smallest absolute Gasteiger partial charge is 0.273 e. The monoisotopic (exact) mass is 420 g/mol. The van der Waals surface area contributed by atoms with Crippen LogP contribution < -0.4 is 5.32 Å². The summed E-state index contributed by atoms with van der Waals surface area (Å²) in [4.78, 5) is 12.5. The number of nitrogens with zero attached hydrogens (tertiary/aromatic N) is 3. The van der Waals surface area contributed by atoms with Crippen molar-refractivity contribution in [1.82, 2.24) is 20.3 Å². The zero-order valence-corrected chi connectivity index (χ0v) is 16.3. The number of carbonyl (C=O) groups is 1. The SMILES string of the molecule is Cc1c(C(=O)NC[C@H](CO)Cc2ccccc2F)nnn1-c1ccc(F)c(Cl)c1. The summed E-state index contributed by atoms with van der Waals surface area (Å²) in [6.07, 6.45) is 0.281. The predicted octanol–water partition coefficient (Wildman–Crippen LogP) is 3.09. The quantitative estimate of drug-likeness (QED) is 0.615. The molecule has 1 heterocycles. The van der Waals surface area contributed by atoms with Crippen molar-refractivity contribution in [2.75, 3.05) is 13.2 Å². The molecule has 3 aromatic rings. The van der Waals surface area contributed by atoms with Gasteiger partial charge in [-0.25, -0.2) is 13.5 Å². The third-order valence-corrected chi connectivity index (χ3v) is 4.82. The summed E-state index contributed by atoms with van der Waals surface area (Å²) in [5.74, 6) is -1.75. The molecule has 6 nitrogen and oxygen atoms in total. The summed E-state index contributed by atoms with van der Waals surface area (Å²) in [6.45, 7) is 1.57. The summed E-state index contributed by atoms with van der Waals surface area (Å²) >= 11 is 5.80. The van der Waals surface area contributed by atoms with Gasteiger partial charge in [0.25, 0.3) is 5.91 Å². The van der Waals surface area contributed by atoms with Crippen LogP contribution in [0.1, 0.15) is 21.7 Å². The maximum absolute atomic E-state index is 13.8. The summed E-state index contributed by atoms with van der Waals surface area (Å²) in [6, 6.07) is 10.4. The van der Waals surface area contributed by atoms with Crippen LogP contribution in [0.25, 0.3) is 5.69 Å². The first kappa shape index (κ1) is 20.9. The molecule has 0 aliphatic rings. The molecule has 1 atom stereocenters. The number of nitrogens with one attached hydrogen (secondary N) is 1. The summed E-state index contributed by atoms with van der Waals surface area (Å²) in [5.41, 5.74) is 1.47. The molecule has 2 N–H and O–H groups in total. The maximum atomic E-state index is 13.8. The number of hydrogen-bond acceptors (Lipinski definition) is 4. The van der Waals surface area contributed by atoms with Gasteiger partial charge >= 0.3 is 0 Å². The molecule has 9 heteroatoms. The lowest BCUT2D eigenvalue weighted by Crippen LogP contribution is -2.32. The lowest BCUT2D eigenvalue weighted by Gasteiger charge is -2.15. The number of aliphatic hydroxyl groups is 1. The standard InChI is InChI=1S/C20H19ClF2N4O2/c1-12-19(25-26-27(12)15-6-7-18(23)16(21)9-15)20(29)24-10-13(11-28)8-14-4-2-3-5-17(14)22/h2-7,9,13,28H,8,10-11H2,1H3,(H,24,29)/t13-/m1/s1. The molecular weight excluding hydrogens is 402 g/mol. The van der Waals surface area contributed by atoms with E-state index in [4.69, 9.17) is 11.6 Å². The van der Waals surface area contributed by atoms with Gasteiger partial charge in [-0.05, 0) is 43.2 Å². The Morgan fingerprint density at radius 2 is 2.00 bits per heavy atom. The van der Waals surface area contributed by atoms with Crippen LogP contribution in [0.3, 0.4) is 0 Å². The van der Waals surface area contributed by atoms with E-state index < -0.39 is 11.7 Å². The molecule has 152 valence electrons. The molecule has 0 spiro atoms. The second kappa shape index (κ2) is 9.11. The average Bonchev–Trinajstić information content (AvgIpc) is 3.10. The van der Waals surface area contributed by atoms with Crippen molar-refractivity contribution in [2.45, 2.75) is 13.3 Å². The highest BCUT2D eigenvalue weighted by molar-refractivity contribution is 6.30. The first-order valence-electron chi connectivity index (χ1n) is 8.91. The maximum Gasteiger partial charge on any atom is 0.273 e. The van der Waals surface area contributed by atoms with Crippen molar-refractivity contribution in [3.05, 3.63) is 76.1 Å². The number of carbonyl (C=O) groups excluding carboxylic acids is 1. The van der Waals surface area contributed by atoms with E-state index in [0.29, 0.717) is 16.9 Å². The highest BCUT2D eigenvalue weighted by Crippen LogP contribution is 2.20. The van der Waals surface area contributed by atoms with Gasteiger partial charge in [-0.1, -0.05) is 35.0 Å². The van der Waals surface area contributed by atoms with E-state index in [1.165, 1.54) is 28.9 Å². The summed E-state index contributed by atoms with van der Waals surface area (Å²) < 4.78 is 28.5. The second-order valence-electron chi connectivity index (χ2n) is 6.59. The lowest BCUT2D eigenvalue weighted by atomic mass is 9.99. The van der Waals surface area contributed by atoms with Crippen LogP contribution in [-0.2, 0) is 6.42 Å². The van der Waals surface area contributed by atoms with Crippen LogP contribution in [-0.4, -0.2) is 39.2 Å². The normalized spacial score (nSPS) is 12.0. The zero-order chi connectivity index (χ0) is 21.0. The minimum atomic E-state index is -0.559. The molecule has 0 unspecified atom stereocenters. The Bertz CT molecular complexity index is 1030. The van der Waals surface area contributed by atoms with Crippen LogP contribution in [0.2, 0.25) is 5.02 Å². The van der Waals surface area contributed by atoms with Crippen LogP contribution in [0.15, 0.2) is 42.5 Å². The number of aliphatic hydroxyl groups excluding tert-OH is 1. The molecule has 1 amide bonds. The highest BCUT2D eigenvalue weighted by atomic mass is 35.5. The van der Waals surface area contributed by atoms with Crippen molar-refractivity contribution in [1.29, 1.82) is 0 Å². The van der Waals surface area contributed by atoms with Gasteiger partial charge in [0, 0.05) is 19.1 Å². The Morgan fingerprint density at radius 3 is 2.69 bits per heavy atom. The second-order valence-corrected chi connectivity index (χ2v) is 7.00. The fraction of sp³-hybridized carbons (Fsp3) is 0.250. The van der Waals surface area contributed by atoms with Crippen molar-refractivity contribution in [3.63, 3.8) is 0 Å². The van der Waals surface area contributed by atoms with E-state index in [1.54, 1.807) is 25.1 Å². The van der Waals surface area contributed by atoms with Gasteiger partial charge in [0.1, 0.15) is 11.6 Å². The Morgan fingerprint density at radius 1 is 1.24 bits per heavy atom. The van der Waals surface area contributed by atoms with Crippen molar-refractivity contribution in [3.8, 4) is 5.69 Å². The molecule has 0 aliphatic heterocycles. The Kier molecular flexibility index (Phi) is 6.56. The molecule has 1 aromatic heterocycles. The molecule has 0 fully saturated rings. The van der Waals surface area contributed by atoms with Gasteiger partial charge in [-0.2, -0.15) is 0 Å². The molecule has 0 saturated carbocycles. The van der Waals surface area contributed by atoms with Gasteiger partial charge < -0.3 is 10.4 Å². The molecule has 2 aromatic carbocycles. The fourth-order valence-corrected chi connectivity index (χ4v) is 3.07.